The van der Waals surface area contributed by atoms with Crippen LogP contribution in [0.2, 0.25) is 0 Å². The quantitative estimate of drug-likeness (QED) is 0.835. The summed E-state index contributed by atoms with van der Waals surface area (Å²) in [5, 5.41) is 2.83. The summed E-state index contributed by atoms with van der Waals surface area (Å²) in [6, 6.07) is 0.481. The number of hydrogen-bond donors (Lipinski definition) is 1. The maximum absolute atomic E-state index is 5.57. The van der Waals surface area contributed by atoms with Crippen LogP contribution in [0, 0.1) is 0 Å². The van der Waals surface area contributed by atoms with Crippen molar-refractivity contribution in [1.29, 1.82) is 0 Å². The second kappa shape index (κ2) is 6.34. The van der Waals surface area contributed by atoms with E-state index in [1.165, 1.54) is 13.5 Å². The number of rotatable bonds is 5. The van der Waals surface area contributed by atoms with Crippen LogP contribution in [0.3, 0.4) is 0 Å². The Hall–Kier alpha value is -1.63. The van der Waals surface area contributed by atoms with Crippen molar-refractivity contribution in [3.05, 3.63) is 0 Å². The van der Waals surface area contributed by atoms with Crippen molar-refractivity contribution in [2.24, 2.45) is 0 Å². The maximum Gasteiger partial charge on any atom is 0.324 e. The molecule has 0 spiro atoms. The summed E-state index contributed by atoms with van der Waals surface area (Å²) in [5.41, 5.74) is 0. The number of anilines is 1. The van der Waals surface area contributed by atoms with E-state index in [1.54, 1.807) is 7.05 Å². The van der Waals surface area contributed by atoms with E-state index in [4.69, 9.17) is 14.2 Å². The monoisotopic (exact) mass is 254 g/mol. The van der Waals surface area contributed by atoms with Gasteiger partial charge in [0.15, 0.2) is 0 Å². The molecule has 1 fully saturated rings. The third-order valence-electron chi connectivity index (χ3n) is 2.67. The molecule has 18 heavy (non-hydrogen) atoms. The molecule has 1 aromatic heterocycles. The van der Waals surface area contributed by atoms with E-state index in [2.05, 4.69) is 20.3 Å². The molecule has 0 radical (unpaired) electrons. The van der Waals surface area contributed by atoms with Gasteiger partial charge in [-0.3, -0.25) is 0 Å². The Labute approximate surface area is 106 Å². The fraction of sp³-hybridized carbons (Fsp3) is 0.727. The normalized spacial score (nSPS) is 19.3. The Morgan fingerprint density at radius 3 is 2.78 bits per heavy atom. The average molecular weight is 254 g/mol. The fourth-order valence-corrected chi connectivity index (χ4v) is 1.71. The molecule has 1 aliphatic rings. The van der Waals surface area contributed by atoms with Gasteiger partial charge in [-0.1, -0.05) is 0 Å². The van der Waals surface area contributed by atoms with Gasteiger partial charge in [-0.15, -0.1) is 4.98 Å². The smallest absolute Gasteiger partial charge is 0.324 e. The van der Waals surface area contributed by atoms with Crippen LogP contribution in [0.15, 0.2) is 0 Å². The zero-order valence-corrected chi connectivity index (χ0v) is 10.7. The first kappa shape index (κ1) is 12.8. The molecule has 1 unspecified atom stereocenters. The van der Waals surface area contributed by atoms with Gasteiger partial charge in [-0.2, -0.15) is 9.97 Å². The topological polar surface area (TPSA) is 78.4 Å². The highest BCUT2D eigenvalue weighted by atomic mass is 16.5. The highest BCUT2D eigenvalue weighted by Gasteiger charge is 2.16. The molecule has 2 heterocycles. The molecular weight excluding hydrogens is 236 g/mol. The van der Waals surface area contributed by atoms with Gasteiger partial charge < -0.3 is 19.5 Å². The van der Waals surface area contributed by atoms with Gasteiger partial charge in [0.1, 0.15) is 6.61 Å². The largest absolute Gasteiger partial charge is 0.467 e. The molecule has 0 saturated carbocycles. The summed E-state index contributed by atoms with van der Waals surface area (Å²) < 4.78 is 16.1. The molecule has 0 bridgehead atoms. The van der Waals surface area contributed by atoms with E-state index < -0.39 is 0 Å². The molecule has 1 saturated heterocycles. The van der Waals surface area contributed by atoms with Crippen LogP contribution in [0.5, 0.6) is 12.0 Å². The van der Waals surface area contributed by atoms with E-state index >= 15 is 0 Å². The molecule has 0 amide bonds. The summed E-state index contributed by atoms with van der Waals surface area (Å²) in [4.78, 5) is 12.1. The molecule has 0 aromatic carbocycles. The lowest BCUT2D eigenvalue weighted by molar-refractivity contribution is -0.0130. The van der Waals surface area contributed by atoms with Crippen molar-refractivity contribution < 1.29 is 14.2 Å². The first-order valence-corrected chi connectivity index (χ1v) is 6.04. The van der Waals surface area contributed by atoms with Crippen molar-refractivity contribution in [3.63, 3.8) is 0 Å². The molecule has 2 rings (SSSR count). The van der Waals surface area contributed by atoms with Gasteiger partial charge in [-0.25, -0.2) is 0 Å². The summed E-state index contributed by atoms with van der Waals surface area (Å²) in [5.74, 6) is 0.418. The van der Waals surface area contributed by atoms with E-state index in [0.29, 0.717) is 12.6 Å². The summed E-state index contributed by atoms with van der Waals surface area (Å²) in [7, 11) is 3.23. The predicted molar refractivity (Wildman–Crippen MR) is 65.0 cm³/mol. The first-order valence-electron chi connectivity index (χ1n) is 6.04. The lowest BCUT2D eigenvalue weighted by Gasteiger charge is -2.22. The Morgan fingerprint density at radius 1 is 1.28 bits per heavy atom. The minimum Gasteiger partial charge on any atom is -0.467 e. The van der Waals surface area contributed by atoms with Crippen molar-refractivity contribution in [3.8, 4) is 12.0 Å². The molecular formula is C11H18N4O3. The Balaban J connectivity index is 1.94. The average Bonchev–Trinajstić information content (AvgIpc) is 2.45. The van der Waals surface area contributed by atoms with Crippen molar-refractivity contribution >= 4 is 5.95 Å². The Bertz CT molecular complexity index is 360. The van der Waals surface area contributed by atoms with Crippen LogP contribution in [-0.2, 0) is 4.74 Å². The number of hydrogen-bond acceptors (Lipinski definition) is 7. The Kier molecular flexibility index (Phi) is 4.52. The molecule has 1 aliphatic heterocycles. The second-order valence-corrected chi connectivity index (χ2v) is 3.98. The van der Waals surface area contributed by atoms with Gasteiger partial charge in [0.2, 0.25) is 5.95 Å². The number of aromatic nitrogens is 3. The summed E-state index contributed by atoms with van der Waals surface area (Å²) >= 11 is 0. The lowest BCUT2D eigenvalue weighted by atomic mass is 10.1. The maximum atomic E-state index is 5.57. The fourth-order valence-electron chi connectivity index (χ4n) is 1.71. The van der Waals surface area contributed by atoms with E-state index in [9.17, 15) is 0 Å². The lowest BCUT2D eigenvalue weighted by Crippen LogP contribution is -2.26. The summed E-state index contributed by atoms with van der Waals surface area (Å²) in [6.07, 6.45) is 3.44. The third kappa shape index (κ3) is 3.43. The number of nitrogens with zero attached hydrogens (tertiary/aromatic N) is 3. The standard InChI is InChI=1S/C11H18N4O3/c1-12-9-13-10(16-2)15-11(14-9)18-7-8-5-3-4-6-17-8/h8H,3-7H2,1-2H3,(H,12,13,14,15). The third-order valence-corrected chi connectivity index (χ3v) is 2.67. The van der Waals surface area contributed by atoms with Gasteiger partial charge >= 0.3 is 12.0 Å². The highest BCUT2D eigenvalue weighted by Crippen LogP contribution is 2.16. The molecule has 100 valence electrons. The molecule has 0 aliphatic carbocycles. The van der Waals surface area contributed by atoms with Crippen LogP contribution in [-0.4, -0.2) is 48.4 Å². The van der Waals surface area contributed by atoms with Gasteiger partial charge in [-0.05, 0) is 19.3 Å². The van der Waals surface area contributed by atoms with Crippen molar-refractivity contribution in [2.75, 3.05) is 32.7 Å². The zero-order valence-electron chi connectivity index (χ0n) is 10.7. The first-order chi connectivity index (χ1) is 8.81. The number of ether oxygens (including phenoxy) is 3. The predicted octanol–water partition coefficient (Wildman–Crippen LogP) is 0.870. The van der Waals surface area contributed by atoms with Crippen molar-refractivity contribution in [2.45, 2.75) is 25.4 Å². The molecule has 7 heteroatoms. The van der Waals surface area contributed by atoms with Crippen LogP contribution in [0.25, 0.3) is 0 Å². The number of methoxy groups -OCH3 is 1. The number of nitrogens with one attached hydrogen (secondary N) is 1. The molecule has 7 nitrogen and oxygen atoms in total. The van der Waals surface area contributed by atoms with Crippen LogP contribution < -0.4 is 14.8 Å². The zero-order chi connectivity index (χ0) is 12.8. The Morgan fingerprint density at radius 2 is 2.11 bits per heavy atom. The van der Waals surface area contributed by atoms with E-state index in [1.807, 2.05) is 0 Å². The SMILES string of the molecule is CNc1nc(OC)nc(OCC2CCCCO2)n1. The van der Waals surface area contributed by atoms with E-state index in [-0.39, 0.29) is 18.1 Å². The van der Waals surface area contributed by atoms with Gasteiger partial charge in [0.25, 0.3) is 0 Å². The minimum atomic E-state index is 0.125. The molecule has 1 atom stereocenters. The highest BCUT2D eigenvalue weighted by molar-refractivity contribution is 5.26. The van der Waals surface area contributed by atoms with Crippen LogP contribution >= 0.6 is 0 Å². The minimum absolute atomic E-state index is 0.125. The van der Waals surface area contributed by atoms with Crippen LogP contribution in [0.4, 0.5) is 5.95 Å². The summed E-state index contributed by atoms with van der Waals surface area (Å²) in [6.45, 7) is 1.26. The molecule has 1 N–H and O–H groups in total. The van der Waals surface area contributed by atoms with Gasteiger partial charge in [0.05, 0.1) is 13.2 Å². The van der Waals surface area contributed by atoms with Gasteiger partial charge in [0, 0.05) is 13.7 Å². The van der Waals surface area contributed by atoms with E-state index in [0.717, 1.165) is 19.4 Å². The van der Waals surface area contributed by atoms with Crippen molar-refractivity contribution in [1.82, 2.24) is 15.0 Å². The molecule has 1 aromatic rings. The van der Waals surface area contributed by atoms with Crippen LogP contribution in [0.1, 0.15) is 19.3 Å². The second-order valence-electron chi connectivity index (χ2n) is 3.98.